The van der Waals surface area contributed by atoms with Crippen LogP contribution in [0.15, 0.2) is 24.3 Å². The van der Waals surface area contributed by atoms with Crippen LogP contribution in [0.1, 0.15) is 20.7 Å². The molecule has 0 aromatic heterocycles. The Balaban J connectivity index is 1.49. The largest absolute Gasteiger partial charge is 0.342 e. The maximum Gasteiger partial charge on any atom is 0.317 e. The average Bonchev–Trinajstić information content (AvgIpc) is 2.87. The number of nitrogens with zero attached hydrogens (tertiary/aromatic N) is 3. The SMILES string of the molecule is O=CN1CCN(C(=O)NCCN2C(=O)c3ccccc3C2=O)CC1. The predicted molar refractivity (Wildman–Crippen MR) is 84.4 cm³/mol. The van der Waals surface area contributed by atoms with Gasteiger partial charge in [0.1, 0.15) is 0 Å². The second-order valence-electron chi connectivity index (χ2n) is 5.67. The van der Waals surface area contributed by atoms with Crippen LogP contribution in [0.5, 0.6) is 0 Å². The molecule has 1 fully saturated rings. The maximum atomic E-state index is 12.2. The molecule has 126 valence electrons. The smallest absolute Gasteiger partial charge is 0.317 e. The second kappa shape index (κ2) is 6.69. The van der Waals surface area contributed by atoms with E-state index < -0.39 is 0 Å². The Hall–Kier alpha value is -2.90. The molecule has 1 aromatic rings. The normalized spacial score (nSPS) is 17.1. The number of carbonyl (C=O) groups is 4. The molecule has 1 saturated heterocycles. The monoisotopic (exact) mass is 330 g/mol. The first-order valence-electron chi connectivity index (χ1n) is 7.79. The van der Waals surface area contributed by atoms with Crippen molar-refractivity contribution >= 4 is 24.3 Å². The summed E-state index contributed by atoms with van der Waals surface area (Å²) in [5, 5.41) is 2.71. The fourth-order valence-electron chi connectivity index (χ4n) is 2.86. The molecule has 2 heterocycles. The lowest BCUT2D eigenvalue weighted by atomic mass is 10.1. The van der Waals surface area contributed by atoms with E-state index in [0.717, 1.165) is 11.3 Å². The summed E-state index contributed by atoms with van der Waals surface area (Å²) in [5.74, 6) is -0.658. The van der Waals surface area contributed by atoms with Crippen molar-refractivity contribution in [3.63, 3.8) is 0 Å². The average molecular weight is 330 g/mol. The Kier molecular flexibility index (Phi) is 4.45. The third-order valence-electron chi connectivity index (χ3n) is 4.24. The molecule has 8 nitrogen and oxygen atoms in total. The maximum absolute atomic E-state index is 12.2. The van der Waals surface area contributed by atoms with E-state index in [9.17, 15) is 19.2 Å². The van der Waals surface area contributed by atoms with Gasteiger partial charge in [-0.1, -0.05) is 12.1 Å². The topological polar surface area (TPSA) is 90.0 Å². The van der Waals surface area contributed by atoms with Gasteiger partial charge in [-0.25, -0.2) is 4.79 Å². The number of rotatable bonds is 4. The minimum Gasteiger partial charge on any atom is -0.342 e. The van der Waals surface area contributed by atoms with Crippen LogP contribution in [-0.2, 0) is 4.79 Å². The molecule has 1 N–H and O–H groups in total. The van der Waals surface area contributed by atoms with E-state index in [1.165, 1.54) is 0 Å². The molecule has 1 aromatic carbocycles. The van der Waals surface area contributed by atoms with Gasteiger partial charge in [0.05, 0.1) is 11.1 Å². The number of nitrogens with one attached hydrogen (secondary N) is 1. The Labute approximate surface area is 139 Å². The number of benzene rings is 1. The minimum absolute atomic E-state index is 0.131. The third-order valence-corrected chi connectivity index (χ3v) is 4.24. The summed E-state index contributed by atoms with van der Waals surface area (Å²) in [5.41, 5.74) is 0.803. The summed E-state index contributed by atoms with van der Waals surface area (Å²) in [4.78, 5) is 51.5. The Morgan fingerprint density at radius 1 is 1.04 bits per heavy atom. The molecule has 3 rings (SSSR count). The van der Waals surface area contributed by atoms with Crippen LogP contribution in [0.25, 0.3) is 0 Å². The van der Waals surface area contributed by atoms with Crippen molar-refractivity contribution in [2.24, 2.45) is 0 Å². The van der Waals surface area contributed by atoms with Crippen molar-refractivity contribution in [1.29, 1.82) is 0 Å². The van der Waals surface area contributed by atoms with Gasteiger partial charge in [0.25, 0.3) is 11.8 Å². The van der Waals surface area contributed by atoms with Crippen molar-refractivity contribution in [3.05, 3.63) is 35.4 Å². The molecule has 2 aliphatic rings. The van der Waals surface area contributed by atoms with Gasteiger partial charge >= 0.3 is 6.03 Å². The zero-order chi connectivity index (χ0) is 17.1. The number of hydrogen-bond acceptors (Lipinski definition) is 4. The Morgan fingerprint density at radius 2 is 1.62 bits per heavy atom. The minimum atomic E-state index is -0.329. The van der Waals surface area contributed by atoms with Gasteiger partial charge in [-0.15, -0.1) is 0 Å². The zero-order valence-corrected chi connectivity index (χ0v) is 13.1. The second-order valence-corrected chi connectivity index (χ2v) is 5.67. The van der Waals surface area contributed by atoms with Crippen molar-refractivity contribution in [2.75, 3.05) is 39.3 Å². The molecule has 5 amide bonds. The van der Waals surface area contributed by atoms with Crippen LogP contribution in [0, 0.1) is 0 Å². The van der Waals surface area contributed by atoms with E-state index >= 15 is 0 Å². The van der Waals surface area contributed by atoms with E-state index in [2.05, 4.69) is 5.32 Å². The molecule has 0 spiro atoms. The lowest BCUT2D eigenvalue weighted by molar-refractivity contribution is -0.119. The summed E-state index contributed by atoms with van der Waals surface area (Å²) in [7, 11) is 0. The fraction of sp³-hybridized carbons (Fsp3) is 0.375. The highest BCUT2D eigenvalue weighted by atomic mass is 16.2. The van der Waals surface area contributed by atoms with Crippen LogP contribution in [0.3, 0.4) is 0 Å². The summed E-state index contributed by atoms with van der Waals surface area (Å²) in [6.07, 6.45) is 0.775. The molecular weight excluding hydrogens is 312 g/mol. The fourth-order valence-corrected chi connectivity index (χ4v) is 2.86. The van der Waals surface area contributed by atoms with Gasteiger partial charge in [0.15, 0.2) is 0 Å². The molecule has 24 heavy (non-hydrogen) atoms. The van der Waals surface area contributed by atoms with Gasteiger partial charge in [-0.2, -0.15) is 0 Å². The molecule has 0 unspecified atom stereocenters. The number of amides is 5. The number of hydrogen-bond donors (Lipinski definition) is 1. The Morgan fingerprint density at radius 3 is 2.17 bits per heavy atom. The lowest BCUT2D eigenvalue weighted by Crippen LogP contribution is -2.52. The van der Waals surface area contributed by atoms with E-state index in [-0.39, 0.29) is 30.9 Å². The van der Waals surface area contributed by atoms with Gasteiger partial charge in [-0.3, -0.25) is 19.3 Å². The van der Waals surface area contributed by atoms with Crippen LogP contribution < -0.4 is 5.32 Å². The van der Waals surface area contributed by atoms with Crippen molar-refractivity contribution in [2.45, 2.75) is 0 Å². The van der Waals surface area contributed by atoms with Gasteiger partial charge in [-0.05, 0) is 12.1 Å². The van der Waals surface area contributed by atoms with E-state index in [0.29, 0.717) is 37.3 Å². The number of carbonyl (C=O) groups excluding carboxylic acids is 4. The van der Waals surface area contributed by atoms with E-state index in [4.69, 9.17) is 0 Å². The van der Waals surface area contributed by atoms with Crippen molar-refractivity contribution in [3.8, 4) is 0 Å². The summed E-state index contributed by atoms with van der Waals surface area (Å²) < 4.78 is 0. The Bertz CT molecular complexity index is 647. The third kappa shape index (κ3) is 2.94. The zero-order valence-electron chi connectivity index (χ0n) is 13.1. The number of imide groups is 1. The standard InChI is InChI=1S/C16H18N4O4/c21-11-18-7-9-19(10-8-18)16(24)17-5-6-20-14(22)12-3-1-2-4-13(12)15(20)23/h1-4,11H,5-10H2,(H,17,24). The van der Waals surface area contributed by atoms with Gasteiger partial charge in [0.2, 0.25) is 6.41 Å². The van der Waals surface area contributed by atoms with Crippen molar-refractivity contribution in [1.82, 2.24) is 20.0 Å². The predicted octanol–water partition coefficient (Wildman–Crippen LogP) is -0.234. The van der Waals surface area contributed by atoms with Crippen LogP contribution in [0.2, 0.25) is 0 Å². The lowest BCUT2D eigenvalue weighted by Gasteiger charge is -2.32. The number of piperazine rings is 1. The van der Waals surface area contributed by atoms with E-state index in [1.54, 1.807) is 34.1 Å². The molecule has 0 bridgehead atoms. The molecule has 0 atom stereocenters. The highest BCUT2D eigenvalue weighted by Gasteiger charge is 2.34. The molecule has 0 saturated carbocycles. The molecular formula is C16H18N4O4. The first kappa shape index (κ1) is 16.0. The molecule has 2 aliphatic heterocycles. The highest BCUT2D eigenvalue weighted by molar-refractivity contribution is 6.21. The van der Waals surface area contributed by atoms with E-state index in [1.807, 2.05) is 0 Å². The van der Waals surface area contributed by atoms with Crippen LogP contribution in [-0.4, -0.2) is 78.2 Å². The molecule has 0 radical (unpaired) electrons. The molecule has 8 heteroatoms. The number of urea groups is 1. The van der Waals surface area contributed by atoms with Crippen LogP contribution >= 0.6 is 0 Å². The first-order valence-corrected chi connectivity index (χ1v) is 7.79. The van der Waals surface area contributed by atoms with Gasteiger partial charge < -0.3 is 15.1 Å². The quantitative estimate of drug-likeness (QED) is 0.610. The summed E-state index contributed by atoms with van der Waals surface area (Å²) in [6.45, 7) is 2.28. The highest BCUT2D eigenvalue weighted by Crippen LogP contribution is 2.21. The first-order chi connectivity index (χ1) is 11.6. The van der Waals surface area contributed by atoms with Gasteiger partial charge in [0, 0.05) is 39.3 Å². The van der Waals surface area contributed by atoms with Crippen LogP contribution in [0.4, 0.5) is 4.79 Å². The molecule has 0 aliphatic carbocycles. The van der Waals surface area contributed by atoms with Crippen molar-refractivity contribution < 1.29 is 19.2 Å². The number of fused-ring (bicyclic) bond motifs is 1. The summed E-state index contributed by atoms with van der Waals surface area (Å²) in [6, 6.07) is 6.43. The summed E-state index contributed by atoms with van der Waals surface area (Å²) >= 11 is 0.